The molecule has 7 heteroatoms. The van der Waals surface area contributed by atoms with E-state index in [0.717, 1.165) is 11.3 Å². The number of hydrogen-bond donors (Lipinski definition) is 2. The van der Waals surface area contributed by atoms with E-state index in [-0.39, 0.29) is 24.1 Å². The average molecular weight is 352 g/mol. The van der Waals surface area contributed by atoms with Gasteiger partial charge in [-0.05, 0) is 42.8 Å². The van der Waals surface area contributed by atoms with E-state index in [1.54, 1.807) is 6.20 Å². The molecular formula is C19H20N4O3. The second-order valence-corrected chi connectivity index (χ2v) is 5.99. The van der Waals surface area contributed by atoms with Crippen LogP contribution < -0.4 is 5.32 Å². The maximum absolute atomic E-state index is 12.2. The highest BCUT2D eigenvalue weighted by Crippen LogP contribution is 2.17. The number of amides is 1. The number of carboxylic acids is 1. The van der Waals surface area contributed by atoms with E-state index < -0.39 is 5.97 Å². The van der Waals surface area contributed by atoms with Crippen LogP contribution in [0.1, 0.15) is 35.4 Å². The van der Waals surface area contributed by atoms with Gasteiger partial charge in [0.15, 0.2) is 5.69 Å². The third-order valence-electron chi connectivity index (χ3n) is 4.08. The Morgan fingerprint density at radius 1 is 1.15 bits per heavy atom. The maximum atomic E-state index is 12.2. The summed E-state index contributed by atoms with van der Waals surface area (Å²) in [5, 5.41) is 15.7. The number of hydrogen-bond acceptors (Lipinski definition) is 3. The fourth-order valence-electron chi connectivity index (χ4n) is 2.67. The molecule has 0 saturated carbocycles. The second kappa shape index (κ2) is 7.69. The number of nitrogens with one attached hydrogen (secondary N) is 1. The van der Waals surface area contributed by atoms with Crippen LogP contribution in [0.15, 0.2) is 61.1 Å². The van der Waals surface area contributed by atoms with Gasteiger partial charge in [0, 0.05) is 37.2 Å². The average Bonchev–Trinajstić information content (AvgIpc) is 3.32. The lowest BCUT2D eigenvalue weighted by atomic mass is 10.1. The summed E-state index contributed by atoms with van der Waals surface area (Å²) in [6, 6.07) is 13.2. The van der Waals surface area contributed by atoms with E-state index >= 15 is 0 Å². The van der Waals surface area contributed by atoms with Gasteiger partial charge < -0.3 is 15.0 Å². The van der Waals surface area contributed by atoms with Gasteiger partial charge in [0.1, 0.15) is 0 Å². The van der Waals surface area contributed by atoms with Crippen LogP contribution in [0.25, 0.3) is 5.69 Å². The van der Waals surface area contributed by atoms with Gasteiger partial charge in [-0.3, -0.25) is 9.48 Å². The summed E-state index contributed by atoms with van der Waals surface area (Å²) in [6.07, 6.45) is 5.72. The minimum atomic E-state index is -1.08. The quantitative estimate of drug-likeness (QED) is 0.684. The van der Waals surface area contributed by atoms with Gasteiger partial charge in [0.05, 0.1) is 6.04 Å². The van der Waals surface area contributed by atoms with Crippen LogP contribution in [-0.4, -0.2) is 31.3 Å². The van der Waals surface area contributed by atoms with Crippen molar-refractivity contribution < 1.29 is 14.7 Å². The smallest absolute Gasteiger partial charge is 0.356 e. The van der Waals surface area contributed by atoms with Gasteiger partial charge in [0.2, 0.25) is 5.91 Å². The summed E-state index contributed by atoms with van der Waals surface area (Å²) in [4.78, 5) is 23.0. The summed E-state index contributed by atoms with van der Waals surface area (Å²) < 4.78 is 3.47. The first-order valence-corrected chi connectivity index (χ1v) is 8.32. The van der Waals surface area contributed by atoms with Crippen molar-refractivity contribution in [1.29, 1.82) is 0 Å². The first-order valence-electron chi connectivity index (χ1n) is 8.32. The van der Waals surface area contributed by atoms with E-state index in [2.05, 4.69) is 10.4 Å². The summed E-state index contributed by atoms with van der Waals surface area (Å²) in [7, 11) is 0. The number of carbonyl (C=O) groups excluding carboxylic acids is 1. The standard InChI is InChI=1S/C19H20N4O3/c1-14(15-5-4-6-16(13-15)22-9-2-3-10-22)20-18(24)8-12-23-11-7-17(21-23)19(25)26/h2-7,9-11,13-14H,8,12H2,1H3,(H,20,24)(H,25,26). The molecular weight excluding hydrogens is 332 g/mol. The minimum absolute atomic E-state index is 0.0272. The van der Waals surface area contributed by atoms with Crippen molar-refractivity contribution >= 4 is 11.9 Å². The van der Waals surface area contributed by atoms with E-state index in [1.165, 1.54) is 10.7 Å². The lowest BCUT2D eigenvalue weighted by molar-refractivity contribution is -0.122. The van der Waals surface area contributed by atoms with Gasteiger partial charge in [-0.25, -0.2) is 4.79 Å². The molecule has 2 aromatic heterocycles. The van der Waals surface area contributed by atoms with Crippen molar-refractivity contribution in [3.8, 4) is 5.69 Å². The zero-order valence-electron chi connectivity index (χ0n) is 14.4. The van der Waals surface area contributed by atoms with Gasteiger partial charge in [-0.2, -0.15) is 5.10 Å². The van der Waals surface area contributed by atoms with Crippen molar-refractivity contribution in [2.24, 2.45) is 0 Å². The highest BCUT2D eigenvalue weighted by atomic mass is 16.4. The molecule has 0 radical (unpaired) electrons. The van der Waals surface area contributed by atoms with Crippen LogP contribution in [0.2, 0.25) is 0 Å². The molecule has 134 valence electrons. The molecule has 7 nitrogen and oxygen atoms in total. The van der Waals surface area contributed by atoms with Crippen LogP contribution in [0.3, 0.4) is 0 Å². The Morgan fingerprint density at radius 2 is 1.92 bits per heavy atom. The van der Waals surface area contributed by atoms with Gasteiger partial charge in [-0.15, -0.1) is 0 Å². The van der Waals surface area contributed by atoms with E-state index in [0.29, 0.717) is 6.54 Å². The van der Waals surface area contributed by atoms with Crippen molar-refractivity contribution in [1.82, 2.24) is 19.7 Å². The largest absolute Gasteiger partial charge is 0.476 e. The predicted molar refractivity (Wildman–Crippen MR) is 96.1 cm³/mol. The van der Waals surface area contributed by atoms with Gasteiger partial charge in [0.25, 0.3) is 0 Å². The number of rotatable bonds is 7. The van der Waals surface area contributed by atoms with Crippen molar-refractivity contribution in [3.63, 3.8) is 0 Å². The number of aromatic carboxylic acids is 1. The van der Waals surface area contributed by atoms with E-state index in [4.69, 9.17) is 5.11 Å². The third kappa shape index (κ3) is 4.18. The lowest BCUT2D eigenvalue weighted by Gasteiger charge is -2.16. The number of aromatic nitrogens is 3. The van der Waals surface area contributed by atoms with E-state index in [1.807, 2.05) is 60.3 Å². The van der Waals surface area contributed by atoms with Crippen LogP contribution in [0, 0.1) is 0 Å². The van der Waals surface area contributed by atoms with Crippen LogP contribution in [-0.2, 0) is 11.3 Å². The van der Waals surface area contributed by atoms with Gasteiger partial charge in [-0.1, -0.05) is 12.1 Å². The molecule has 0 aliphatic heterocycles. The topological polar surface area (TPSA) is 89.2 Å². The Bertz CT molecular complexity index is 899. The molecule has 2 heterocycles. The fourth-order valence-corrected chi connectivity index (χ4v) is 2.67. The Morgan fingerprint density at radius 3 is 2.62 bits per heavy atom. The highest BCUT2D eigenvalue weighted by Gasteiger charge is 2.12. The molecule has 26 heavy (non-hydrogen) atoms. The molecule has 1 aromatic carbocycles. The number of carbonyl (C=O) groups is 2. The number of benzene rings is 1. The zero-order valence-corrected chi connectivity index (χ0v) is 14.4. The number of nitrogens with zero attached hydrogens (tertiary/aromatic N) is 3. The molecule has 0 bridgehead atoms. The third-order valence-corrected chi connectivity index (χ3v) is 4.08. The van der Waals surface area contributed by atoms with Crippen LogP contribution in [0.4, 0.5) is 0 Å². The van der Waals surface area contributed by atoms with Crippen molar-refractivity contribution in [3.05, 3.63) is 72.3 Å². The van der Waals surface area contributed by atoms with Crippen LogP contribution >= 0.6 is 0 Å². The highest BCUT2D eigenvalue weighted by molar-refractivity contribution is 5.85. The maximum Gasteiger partial charge on any atom is 0.356 e. The van der Waals surface area contributed by atoms with Crippen molar-refractivity contribution in [2.75, 3.05) is 0 Å². The lowest BCUT2D eigenvalue weighted by Crippen LogP contribution is -2.27. The summed E-state index contributed by atoms with van der Waals surface area (Å²) in [5.74, 6) is -1.19. The molecule has 3 rings (SSSR count). The molecule has 0 fully saturated rings. The molecule has 3 aromatic rings. The molecule has 0 spiro atoms. The summed E-state index contributed by atoms with van der Waals surface area (Å²) >= 11 is 0. The number of carboxylic acid groups (broad SMARTS) is 1. The molecule has 0 aliphatic carbocycles. The fraction of sp³-hybridized carbons (Fsp3) is 0.211. The molecule has 1 atom stereocenters. The SMILES string of the molecule is CC(NC(=O)CCn1ccc(C(=O)O)n1)c1cccc(-n2cccc2)c1. The molecule has 2 N–H and O–H groups in total. The number of aryl methyl sites for hydroxylation is 1. The summed E-state index contributed by atoms with van der Waals surface area (Å²) in [5.41, 5.74) is 2.02. The van der Waals surface area contributed by atoms with Crippen LogP contribution in [0.5, 0.6) is 0 Å². The predicted octanol–water partition coefficient (Wildman–Crippen LogP) is 2.64. The summed E-state index contributed by atoms with van der Waals surface area (Å²) in [6.45, 7) is 2.26. The van der Waals surface area contributed by atoms with E-state index in [9.17, 15) is 9.59 Å². The van der Waals surface area contributed by atoms with Crippen molar-refractivity contribution in [2.45, 2.75) is 25.9 Å². The minimum Gasteiger partial charge on any atom is -0.476 e. The normalized spacial score (nSPS) is 11.9. The Labute approximate surface area is 150 Å². The monoisotopic (exact) mass is 352 g/mol. The molecule has 1 amide bonds. The Kier molecular flexibility index (Phi) is 5.17. The Balaban J connectivity index is 1.57. The Hall–Kier alpha value is -3.35. The molecule has 0 saturated heterocycles. The zero-order chi connectivity index (χ0) is 18.5. The first-order chi connectivity index (χ1) is 12.5. The second-order valence-electron chi connectivity index (χ2n) is 5.99. The van der Waals surface area contributed by atoms with Gasteiger partial charge >= 0.3 is 5.97 Å². The molecule has 1 unspecified atom stereocenters. The molecule has 0 aliphatic rings. The first kappa shape index (κ1) is 17.5.